The molecule has 3 rings (SSSR count). The Morgan fingerprint density at radius 3 is 2.77 bits per heavy atom. The van der Waals surface area contributed by atoms with E-state index in [1.165, 1.54) is 12.8 Å². The van der Waals surface area contributed by atoms with Crippen LogP contribution in [0, 0.1) is 29.1 Å². The van der Waals surface area contributed by atoms with Crippen molar-refractivity contribution in [3.63, 3.8) is 0 Å². The zero-order chi connectivity index (χ0) is 15.9. The first kappa shape index (κ1) is 16.0. The lowest BCUT2D eigenvalue weighted by atomic mass is 9.62. The zero-order valence-electron chi connectivity index (χ0n) is 14.3. The zero-order valence-corrected chi connectivity index (χ0v) is 14.3. The van der Waals surface area contributed by atoms with Crippen molar-refractivity contribution in [1.82, 2.24) is 0 Å². The minimum absolute atomic E-state index is 0.0246. The van der Waals surface area contributed by atoms with Crippen LogP contribution >= 0.6 is 0 Å². The summed E-state index contributed by atoms with van der Waals surface area (Å²) in [5.74, 6) is 2.17. The van der Waals surface area contributed by atoms with E-state index in [1.807, 2.05) is 6.92 Å². The molecule has 1 heterocycles. The maximum atomic E-state index is 12.2. The van der Waals surface area contributed by atoms with E-state index in [2.05, 4.69) is 13.8 Å². The molecule has 3 heteroatoms. The summed E-state index contributed by atoms with van der Waals surface area (Å²) in [6.45, 7) is 6.67. The van der Waals surface area contributed by atoms with Gasteiger partial charge in [-0.1, -0.05) is 20.8 Å². The Hall–Kier alpha value is -0.860. The Morgan fingerprint density at radius 2 is 2.09 bits per heavy atom. The predicted molar refractivity (Wildman–Crippen MR) is 85.2 cm³/mol. The highest BCUT2D eigenvalue weighted by molar-refractivity contribution is 5.83. The van der Waals surface area contributed by atoms with E-state index in [4.69, 9.17) is 4.74 Å². The lowest BCUT2D eigenvalue weighted by Gasteiger charge is -2.42. The van der Waals surface area contributed by atoms with Crippen molar-refractivity contribution in [2.75, 3.05) is 0 Å². The summed E-state index contributed by atoms with van der Waals surface area (Å²) in [6.07, 6.45) is 8.51. The summed E-state index contributed by atoms with van der Waals surface area (Å²) in [4.78, 5) is 23.7. The monoisotopic (exact) mass is 306 g/mol. The summed E-state index contributed by atoms with van der Waals surface area (Å²) < 4.78 is 5.44. The largest absolute Gasteiger partial charge is 0.462 e. The minimum atomic E-state index is -0.0246. The molecule has 124 valence electrons. The third-order valence-electron chi connectivity index (χ3n) is 6.87. The first-order valence-corrected chi connectivity index (χ1v) is 9.15. The van der Waals surface area contributed by atoms with Gasteiger partial charge in [0.05, 0.1) is 5.92 Å². The van der Waals surface area contributed by atoms with Crippen molar-refractivity contribution in [2.45, 2.75) is 78.2 Å². The fourth-order valence-electron chi connectivity index (χ4n) is 5.55. The third kappa shape index (κ3) is 2.72. The Balaban J connectivity index is 1.57. The fourth-order valence-corrected chi connectivity index (χ4v) is 5.55. The standard InChI is InChI=1S/C19H30O3/c1-12(6-7-14-11-13(2)18(21)22-14)15-8-9-16-17(20)5-4-10-19(15,16)3/h12-16H,4-11H2,1-3H3. The number of hydrogen-bond acceptors (Lipinski definition) is 3. The average Bonchev–Trinajstić information content (AvgIpc) is 2.97. The van der Waals surface area contributed by atoms with Gasteiger partial charge in [-0.05, 0) is 62.2 Å². The van der Waals surface area contributed by atoms with E-state index in [-0.39, 0.29) is 23.4 Å². The SMILES string of the molecule is CC1CC(CCC(C)C2CCC3C(=O)CCCC32C)OC1=O. The van der Waals surface area contributed by atoms with E-state index in [9.17, 15) is 9.59 Å². The van der Waals surface area contributed by atoms with Crippen molar-refractivity contribution >= 4 is 11.8 Å². The van der Waals surface area contributed by atoms with Crippen LogP contribution in [0.4, 0.5) is 0 Å². The molecule has 1 saturated heterocycles. The van der Waals surface area contributed by atoms with Crippen molar-refractivity contribution in [1.29, 1.82) is 0 Å². The summed E-state index contributed by atoms with van der Waals surface area (Å²) in [6, 6.07) is 0. The molecule has 2 saturated carbocycles. The Labute approximate surface area is 134 Å². The summed E-state index contributed by atoms with van der Waals surface area (Å²) >= 11 is 0. The summed E-state index contributed by atoms with van der Waals surface area (Å²) in [5.41, 5.74) is 0.231. The molecular formula is C19H30O3. The van der Waals surface area contributed by atoms with E-state index in [1.54, 1.807) is 0 Å². The molecule has 0 aromatic carbocycles. The molecule has 3 fully saturated rings. The van der Waals surface area contributed by atoms with Crippen LogP contribution in [0.5, 0.6) is 0 Å². The van der Waals surface area contributed by atoms with Gasteiger partial charge >= 0.3 is 5.97 Å². The highest BCUT2D eigenvalue weighted by atomic mass is 16.5. The smallest absolute Gasteiger partial charge is 0.309 e. The topological polar surface area (TPSA) is 43.4 Å². The van der Waals surface area contributed by atoms with Gasteiger partial charge in [-0.2, -0.15) is 0 Å². The van der Waals surface area contributed by atoms with Crippen LogP contribution in [0.25, 0.3) is 0 Å². The van der Waals surface area contributed by atoms with Crippen molar-refractivity contribution < 1.29 is 14.3 Å². The van der Waals surface area contributed by atoms with Crippen LogP contribution in [0.3, 0.4) is 0 Å². The molecule has 6 atom stereocenters. The number of fused-ring (bicyclic) bond motifs is 1. The number of Topliss-reactive ketones (excluding diaryl/α,β-unsaturated/α-hetero) is 1. The fraction of sp³-hybridized carbons (Fsp3) is 0.895. The van der Waals surface area contributed by atoms with Gasteiger partial charge in [-0.15, -0.1) is 0 Å². The predicted octanol–water partition coefficient (Wildman–Crippen LogP) is 4.14. The third-order valence-corrected chi connectivity index (χ3v) is 6.87. The Morgan fingerprint density at radius 1 is 1.32 bits per heavy atom. The molecule has 0 bridgehead atoms. The molecular weight excluding hydrogens is 276 g/mol. The second-order valence-electron chi connectivity index (χ2n) is 8.31. The second-order valence-corrected chi connectivity index (χ2v) is 8.31. The number of ether oxygens (including phenoxy) is 1. The van der Waals surface area contributed by atoms with E-state index < -0.39 is 0 Å². The lowest BCUT2D eigenvalue weighted by molar-refractivity contribution is -0.144. The highest BCUT2D eigenvalue weighted by Gasteiger charge is 2.52. The summed E-state index contributed by atoms with van der Waals surface area (Å²) in [5, 5.41) is 0. The maximum Gasteiger partial charge on any atom is 0.309 e. The van der Waals surface area contributed by atoms with Crippen LogP contribution in [0.2, 0.25) is 0 Å². The minimum Gasteiger partial charge on any atom is -0.462 e. The molecule has 6 unspecified atom stereocenters. The van der Waals surface area contributed by atoms with Gasteiger partial charge in [0.2, 0.25) is 0 Å². The molecule has 0 aromatic rings. The van der Waals surface area contributed by atoms with Gasteiger partial charge < -0.3 is 4.74 Å². The van der Waals surface area contributed by atoms with Crippen molar-refractivity contribution in [3.8, 4) is 0 Å². The quantitative estimate of drug-likeness (QED) is 0.733. The molecule has 2 aliphatic carbocycles. The van der Waals surface area contributed by atoms with Crippen molar-refractivity contribution in [3.05, 3.63) is 0 Å². The van der Waals surface area contributed by atoms with E-state index in [0.717, 1.165) is 38.5 Å². The first-order chi connectivity index (χ1) is 10.4. The number of carbonyl (C=O) groups is 2. The van der Waals surface area contributed by atoms with Crippen LogP contribution in [-0.4, -0.2) is 17.9 Å². The van der Waals surface area contributed by atoms with Crippen LogP contribution < -0.4 is 0 Å². The van der Waals surface area contributed by atoms with Gasteiger partial charge in [-0.3, -0.25) is 9.59 Å². The molecule has 0 spiro atoms. The number of cyclic esters (lactones) is 1. The number of ketones is 1. The van der Waals surface area contributed by atoms with Gasteiger partial charge in [0, 0.05) is 12.3 Å². The van der Waals surface area contributed by atoms with Gasteiger partial charge in [0.15, 0.2) is 0 Å². The molecule has 22 heavy (non-hydrogen) atoms. The maximum absolute atomic E-state index is 12.2. The average molecular weight is 306 g/mol. The Bertz CT molecular complexity index is 458. The van der Waals surface area contributed by atoms with Crippen LogP contribution in [0.15, 0.2) is 0 Å². The summed E-state index contributed by atoms with van der Waals surface area (Å²) in [7, 11) is 0. The van der Waals surface area contributed by atoms with Crippen LogP contribution in [0.1, 0.15) is 72.1 Å². The van der Waals surface area contributed by atoms with E-state index >= 15 is 0 Å². The van der Waals surface area contributed by atoms with Gasteiger partial charge in [0.1, 0.15) is 11.9 Å². The van der Waals surface area contributed by atoms with E-state index in [0.29, 0.717) is 23.5 Å². The lowest BCUT2D eigenvalue weighted by Crippen LogP contribution is -2.39. The first-order valence-electron chi connectivity index (χ1n) is 9.15. The number of carbonyl (C=O) groups excluding carboxylic acids is 2. The molecule has 0 radical (unpaired) electrons. The highest BCUT2D eigenvalue weighted by Crippen LogP contribution is 2.57. The van der Waals surface area contributed by atoms with Crippen LogP contribution in [-0.2, 0) is 14.3 Å². The second kappa shape index (κ2) is 5.98. The van der Waals surface area contributed by atoms with Crippen molar-refractivity contribution in [2.24, 2.45) is 29.1 Å². The molecule has 3 aliphatic rings. The number of rotatable bonds is 4. The molecule has 0 N–H and O–H groups in total. The Kier molecular flexibility index (Phi) is 4.35. The van der Waals surface area contributed by atoms with Gasteiger partial charge in [-0.25, -0.2) is 0 Å². The van der Waals surface area contributed by atoms with Gasteiger partial charge in [0.25, 0.3) is 0 Å². The normalized spacial score (nSPS) is 43.0. The molecule has 1 aliphatic heterocycles. The number of hydrogen-bond donors (Lipinski definition) is 0. The number of esters is 1. The molecule has 3 nitrogen and oxygen atoms in total. The molecule has 0 amide bonds. The molecule has 0 aromatic heterocycles.